The zero-order valence-corrected chi connectivity index (χ0v) is 17.0. The van der Waals surface area contributed by atoms with Crippen LogP contribution in [-0.4, -0.2) is 33.9 Å². The van der Waals surface area contributed by atoms with Crippen LogP contribution in [0.25, 0.3) is 10.9 Å². The Balaban J connectivity index is 1.52. The van der Waals surface area contributed by atoms with Gasteiger partial charge in [0.2, 0.25) is 0 Å². The number of fused-ring (bicyclic) bond motifs is 1. The standard InChI is InChI=1S/C25H23N3O3/c29-24(18-31-20-11-5-2-6-12-20)28(16-15-19-9-3-1-4-10-19)17-23-26-22-14-8-7-13-21(22)25(30)27-23/h1-14H,15-18H2,(H,26,27,30). The number of aromatic nitrogens is 2. The number of aromatic amines is 1. The number of nitrogens with one attached hydrogen (secondary N) is 1. The Morgan fingerprint density at radius 3 is 2.35 bits per heavy atom. The summed E-state index contributed by atoms with van der Waals surface area (Å²) in [5.74, 6) is 0.913. The first kappa shape index (κ1) is 20.3. The highest BCUT2D eigenvalue weighted by Crippen LogP contribution is 2.11. The van der Waals surface area contributed by atoms with Crippen LogP contribution >= 0.6 is 0 Å². The normalized spacial score (nSPS) is 10.7. The molecule has 0 radical (unpaired) electrons. The molecule has 0 saturated heterocycles. The highest BCUT2D eigenvalue weighted by atomic mass is 16.5. The molecule has 1 aromatic heterocycles. The van der Waals surface area contributed by atoms with E-state index in [4.69, 9.17) is 4.74 Å². The molecule has 3 aromatic carbocycles. The van der Waals surface area contributed by atoms with Crippen molar-refractivity contribution in [2.24, 2.45) is 0 Å². The molecule has 0 atom stereocenters. The molecular formula is C25H23N3O3. The summed E-state index contributed by atoms with van der Waals surface area (Å²) >= 11 is 0. The quantitative estimate of drug-likeness (QED) is 0.479. The second kappa shape index (κ2) is 9.71. The van der Waals surface area contributed by atoms with Gasteiger partial charge in [0.1, 0.15) is 11.6 Å². The minimum atomic E-state index is -0.211. The van der Waals surface area contributed by atoms with Gasteiger partial charge in [-0.05, 0) is 36.2 Å². The summed E-state index contributed by atoms with van der Waals surface area (Å²) in [5, 5.41) is 0.529. The number of para-hydroxylation sites is 2. The van der Waals surface area contributed by atoms with Crippen molar-refractivity contribution in [3.63, 3.8) is 0 Å². The van der Waals surface area contributed by atoms with E-state index in [1.54, 1.807) is 23.1 Å². The van der Waals surface area contributed by atoms with Crippen LogP contribution in [0.3, 0.4) is 0 Å². The molecule has 0 bridgehead atoms. The number of carbonyl (C=O) groups is 1. The summed E-state index contributed by atoms with van der Waals surface area (Å²) in [5.41, 5.74) is 1.53. The first-order valence-electron chi connectivity index (χ1n) is 10.2. The molecule has 0 aliphatic carbocycles. The molecule has 0 unspecified atom stereocenters. The average Bonchev–Trinajstić information content (AvgIpc) is 2.81. The maximum atomic E-state index is 13.0. The molecule has 6 heteroatoms. The number of hydrogen-bond donors (Lipinski definition) is 1. The van der Waals surface area contributed by atoms with Crippen LogP contribution in [0.2, 0.25) is 0 Å². The Hall–Kier alpha value is -3.93. The van der Waals surface area contributed by atoms with E-state index in [0.717, 1.165) is 5.56 Å². The molecule has 4 rings (SSSR count). The lowest BCUT2D eigenvalue weighted by molar-refractivity contribution is -0.134. The third kappa shape index (κ3) is 5.36. The van der Waals surface area contributed by atoms with Crippen molar-refractivity contribution in [2.45, 2.75) is 13.0 Å². The summed E-state index contributed by atoms with van der Waals surface area (Å²) in [6.45, 7) is 0.595. The van der Waals surface area contributed by atoms with Gasteiger partial charge in [-0.3, -0.25) is 9.59 Å². The third-order valence-corrected chi connectivity index (χ3v) is 4.97. The average molecular weight is 413 g/mol. The molecule has 0 aliphatic heterocycles. The zero-order valence-electron chi connectivity index (χ0n) is 17.0. The lowest BCUT2D eigenvalue weighted by atomic mass is 10.1. The molecule has 1 heterocycles. The molecule has 0 saturated carbocycles. The van der Waals surface area contributed by atoms with Crippen LogP contribution in [0.1, 0.15) is 11.4 Å². The maximum absolute atomic E-state index is 13.0. The number of amides is 1. The van der Waals surface area contributed by atoms with E-state index < -0.39 is 0 Å². The summed E-state index contributed by atoms with van der Waals surface area (Å²) in [6, 6.07) is 26.4. The summed E-state index contributed by atoms with van der Waals surface area (Å²) in [6.07, 6.45) is 0.690. The van der Waals surface area contributed by atoms with Crippen LogP contribution in [0.15, 0.2) is 89.7 Å². The molecule has 0 spiro atoms. The lowest BCUT2D eigenvalue weighted by Gasteiger charge is -2.22. The monoisotopic (exact) mass is 413 g/mol. The number of ether oxygens (including phenoxy) is 1. The Kier molecular flexibility index (Phi) is 6.38. The van der Waals surface area contributed by atoms with Gasteiger partial charge in [0.25, 0.3) is 11.5 Å². The van der Waals surface area contributed by atoms with Crippen molar-refractivity contribution in [1.82, 2.24) is 14.9 Å². The van der Waals surface area contributed by atoms with E-state index in [-0.39, 0.29) is 24.6 Å². The van der Waals surface area contributed by atoms with E-state index in [2.05, 4.69) is 9.97 Å². The van der Waals surface area contributed by atoms with Crippen molar-refractivity contribution in [3.05, 3.63) is 107 Å². The van der Waals surface area contributed by atoms with Crippen LogP contribution in [0.5, 0.6) is 5.75 Å². The topological polar surface area (TPSA) is 75.3 Å². The number of nitrogens with zero attached hydrogens (tertiary/aromatic N) is 2. The van der Waals surface area contributed by atoms with E-state index in [0.29, 0.717) is 35.4 Å². The van der Waals surface area contributed by atoms with Crippen molar-refractivity contribution in [1.29, 1.82) is 0 Å². The van der Waals surface area contributed by atoms with Crippen LogP contribution in [0, 0.1) is 0 Å². The fraction of sp³-hybridized carbons (Fsp3) is 0.160. The van der Waals surface area contributed by atoms with Gasteiger partial charge in [-0.15, -0.1) is 0 Å². The number of hydrogen-bond acceptors (Lipinski definition) is 4. The van der Waals surface area contributed by atoms with Gasteiger partial charge in [0.05, 0.1) is 17.4 Å². The second-order valence-corrected chi connectivity index (χ2v) is 7.18. The number of rotatable bonds is 8. The minimum absolute atomic E-state index is 0.0867. The lowest BCUT2D eigenvalue weighted by Crippen LogP contribution is -2.37. The SMILES string of the molecule is O=C(COc1ccccc1)N(CCc1ccccc1)Cc1nc2ccccc2c(=O)[nH]1. The molecular weight excluding hydrogens is 390 g/mol. The van der Waals surface area contributed by atoms with E-state index in [9.17, 15) is 9.59 Å². The fourth-order valence-corrected chi connectivity index (χ4v) is 3.34. The molecule has 1 N–H and O–H groups in total. The van der Waals surface area contributed by atoms with E-state index in [1.807, 2.05) is 66.7 Å². The van der Waals surface area contributed by atoms with Crippen molar-refractivity contribution < 1.29 is 9.53 Å². The smallest absolute Gasteiger partial charge is 0.260 e. The molecule has 4 aromatic rings. The van der Waals surface area contributed by atoms with Gasteiger partial charge in [0.15, 0.2) is 6.61 Å². The van der Waals surface area contributed by atoms with Crippen molar-refractivity contribution in [3.8, 4) is 5.75 Å². The molecule has 1 amide bonds. The highest BCUT2D eigenvalue weighted by molar-refractivity contribution is 5.78. The van der Waals surface area contributed by atoms with Crippen molar-refractivity contribution in [2.75, 3.05) is 13.2 Å². The van der Waals surface area contributed by atoms with Gasteiger partial charge < -0.3 is 14.6 Å². The van der Waals surface area contributed by atoms with Gasteiger partial charge >= 0.3 is 0 Å². The summed E-state index contributed by atoms with van der Waals surface area (Å²) < 4.78 is 5.65. The Labute approximate surface area is 180 Å². The van der Waals surface area contributed by atoms with Crippen LogP contribution < -0.4 is 10.3 Å². The maximum Gasteiger partial charge on any atom is 0.260 e. The predicted octanol–water partition coefficient (Wildman–Crippen LogP) is 3.57. The molecule has 31 heavy (non-hydrogen) atoms. The Morgan fingerprint density at radius 1 is 0.903 bits per heavy atom. The van der Waals surface area contributed by atoms with Crippen molar-refractivity contribution >= 4 is 16.8 Å². The van der Waals surface area contributed by atoms with Crippen LogP contribution in [0.4, 0.5) is 0 Å². The molecule has 156 valence electrons. The molecule has 0 fully saturated rings. The first-order valence-corrected chi connectivity index (χ1v) is 10.2. The van der Waals surface area contributed by atoms with Gasteiger partial charge in [-0.2, -0.15) is 0 Å². The Morgan fingerprint density at radius 2 is 1.58 bits per heavy atom. The highest BCUT2D eigenvalue weighted by Gasteiger charge is 2.17. The number of benzene rings is 3. The summed E-state index contributed by atoms with van der Waals surface area (Å²) in [4.78, 5) is 34.4. The second-order valence-electron chi connectivity index (χ2n) is 7.18. The van der Waals surface area contributed by atoms with E-state index >= 15 is 0 Å². The van der Waals surface area contributed by atoms with Gasteiger partial charge in [-0.25, -0.2) is 4.98 Å². The minimum Gasteiger partial charge on any atom is -0.484 e. The number of H-pyrrole nitrogens is 1. The predicted molar refractivity (Wildman–Crippen MR) is 120 cm³/mol. The molecule has 0 aliphatic rings. The third-order valence-electron chi connectivity index (χ3n) is 4.97. The fourth-order valence-electron chi connectivity index (χ4n) is 3.34. The first-order chi connectivity index (χ1) is 15.2. The largest absolute Gasteiger partial charge is 0.484 e. The van der Waals surface area contributed by atoms with Crippen LogP contribution in [-0.2, 0) is 17.8 Å². The van der Waals surface area contributed by atoms with Gasteiger partial charge in [0, 0.05) is 6.54 Å². The van der Waals surface area contributed by atoms with E-state index in [1.165, 1.54) is 0 Å². The Bertz CT molecular complexity index is 1210. The number of carbonyl (C=O) groups excluding carboxylic acids is 1. The summed E-state index contributed by atoms with van der Waals surface area (Å²) in [7, 11) is 0. The van der Waals surface area contributed by atoms with Gasteiger partial charge in [-0.1, -0.05) is 60.7 Å². The molecule has 6 nitrogen and oxygen atoms in total. The zero-order chi connectivity index (χ0) is 21.5.